The molecule has 1 aromatic heterocycles. The highest BCUT2D eigenvalue weighted by Crippen LogP contribution is 2.37. The van der Waals surface area contributed by atoms with Gasteiger partial charge in [-0.3, -0.25) is 0 Å². The van der Waals surface area contributed by atoms with Crippen molar-refractivity contribution in [1.29, 1.82) is 0 Å². The smallest absolute Gasteiger partial charge is 0.193 e. The van der Waals surface area contributed by atoms with Crippen LogP contribution >= 0.6 is 11.8 Å². The molecule has 0 aliphatic carbocycles. The monoisotopic (exact) mass is 241 g/mol. The van der Waals surface area contributed by atoms with Gasteiger partial charge in [-0.05, 0) is 13.3 Å². The van der Waals surface area contributed by atoms with Crippen LogP contribution in [0.15, 0.2) is 11.4 Å². The Hall–Kier alpha value is -1.01. The molecule has 1 aliphatic rings. The highest BCUT2D eigenvalue weighted by atomic mass is 32.2. The van der Waals surface area contributed by atoms with Crippen LogP contribution in [0.4, 0.5) is 5.82 Å². The van der Waals surface area contributed by atoms with Gasteiger partial charge in [-0.25, -0.2) is 9.97 Å². The Bertz CT molecular complexity index is 375. The largest absolute Gasteiger partial charge is 0.490 e. The van der Waals surface area contributed by atoms with Gasteiger partial charge in [-0.2, -0.15) is 0 Å². The normalized spacial score (nSPS) is 24.6. The van der Waals surface area contributed by atoms with Gasteiger partial charge in [0.1, 0.15) is 11.4 Å². The van der Waals surface area contributed by atoms with Crippen LogP contribution in [0.2, 0.25) is 0 Å². The highest BCUT2D eigenvalue weighted by molar-refractivity contribution is 8.00. The molecule has 1 saturated heterocycles. The van der Waals surface area contributed by atoms with Crippen LogP contribution < -0.4 is 10.5 Å². The van der Waals surface area contributed by atoms with Gasteiger partial charge in [0, 0.05) is 11.9 Å². The Labute approximate surface area is 98.7 Å². The molecule has 0 aromatic carbocycles. The summed E-state index contributed by atoms with van der Waals surface area (Å²) < 4.78 is 10.7. The average molecular weight is 241 g/mol. The minimum absolute atomic E-state index is 0.242. The zero-order chi connectivity index (χ0) is 11.5. The molecule has 6 heteroatoms. The van der Waals surface area contributed by atoms with Crippen molar-refractivity contribution in [2.45, 2.75) is 29.7 Å². The number of methoxy groups -OCH3 is 1. The SMILES string of the molecule is COc1c(N)ncnc1SC1CCOC1C. The van der Waals surface area contributed by atoms with E-state index in [1.54, 1.807) is 18.9 Å². The lowest BCUT2D eigenvalue weighted by atomic mass is 10.3. The number of thioether (sulfide) groups is 1. The van der Waals surface area contributed by atoms with Crippen molar-refractivity contribution < 1.29 is 9.47 Å². The summed E-state index contributed by atoms with van der Waals surface area (Å²) in [6.45, 7) is 2.88. The number of aromatic nitrogens is 2. The molecule has 1 aromatic rings. The molecule has 2 rings (SSSR count). The molecule has 0 radical (unpaired) electrons. The maximum Gasteiger partial charge on any atom is 0.193 e. The molecule has 0 amide bonds. The predicted molar refractivity (Wildman–Crippen MR) is 62.7 cm³/mol. The van der Waals surface area contributed by atoms with Crippen molar-refractivity contribution >= 4 is 17.6 Å². The minimum atomic E-state index is 0.242. The van der Waals surface area contributed by atoms with E-state index < -0.39 is 0 Å². The van der Waals surface area contributed by atoms with Crippen LogP contribution in [-0.4, -0.2) is 35.0 Å². The van der Waals surface area contributed by atoms with Gasteiger partial charge in [-0.1, -0.05) is 11.8 Å². The first-order valence-electron chi connectivity index (χ1n) is 5.15. The van der Waals surface area contributed by atoms with Crippen LogP contribution in [0, 0.1) is 0 Å². The molecule has 2 N–H and O–H groups in total. The third kappa shape index (κ3) is 2.22. The number of nitrogens with two attached hydrogens (primary N) is 1. The van der Waals surface area contributed by atoms with E-state index in [0.29, 0.717) is 16.8 Å². The Balaban J connectivity index is 2.17. The molecular weight excluding hydrogens is 226 g/mol. The van der Waals surface area contributed by atoms with Crippen LogP contribution in [0.25, 0.3) is 0 Å². The molecule has 0 saturated carbocycles. The number of hydrogen-bond acceptors (Lipinski definition) is 6. The van der Waals surface area contributed by atoms with E-state index in [4.69, 9.17) is 15.2 Å². The van der Waals surface area contributed by atoms with Crippen molar-refractivity contribution in [3.8, 4) is 5.75 Å². The van der Waals surface area contributed by atoms with Gasteiger partial charge in [0.2, 0.25) is 0 Å². The van der Waals surface area contributed by atoms with Gasteiger partial charge in [0.05, 0.1) is 13.2 Å². The molecule has 1 fully saturated rings. The number of anilines is 1. The quantitative estimate of drug-likeness (QED) is 0.805. The van der Waals surface area contributed by atoms with E-state index in [-0.39, 0.29) is 6.10 Å². The maximum absolute atomic E-state index is 5.72. The fraction of sp³-hybridized carbons (Fsp3) is 0.600. The number of nitrogens with zero attached hydrogens (tertiary/aromatic N) is 2. The summed E-state index contributed by atoms with van der Waals surface area (Å²) in [7, 11) is 1.58. The fourth-order valence-corrected chi connectivity index (χ4v) is 2.83. The topological polar surface area (TPSA) is 70.3 Å². The first-order chi connectivity index (χ1) is 7.72. The first-order valence-corrected chi connectivity index (χ1v) is 6.03. The van der Waals surface area contributed by atoms with Gasteiger partial charge in [-0.15, -0.1) is 0 Å². The molecule has 0 spiro atoms. The van der Waals surface area contributed by atoms with Crippen LogP contribution in [0.3, 0.4) is 0 Å². The zero-order valence-corrected chi connectivity index (χ0v) is 10.2. The number of ether oxygens (including phenoxy) is 2. The zero-order valence-electron chi connectivity index (χ0n) is 9.34. The third-order valence-corrected chi connectivity index (χ3v) is 4.01. The van der Waals surface area contributed by atoms with Gasteiger partial charge >= 0.3 is 0 Å². The van der Waals surface area contributed by atoms with E-state index in [0.717, 1.165) is 18.1 Å². The lowest BCUT2D eigenvalue weighted by Crippen LogP contribution is -2.13. The van der Waals surface area contributed by atoms with Gasteiger partial charge < -0.3 is 15.2 Å². The summed E-state index contributed by atoms with van der Waals surface area (Å²) in [4.78, 5) is 8.10. The highest BCUT2D eigenvalue weighted by Gasteiger charge is 2.27. The van der Waals surface area contributed by atoms with E-state index in [9.17, 15) is 0 Å². The van der Waals surface area contributed by atoms with Crippen molar-refractivity contribution in [1.82, 2.24) is 9.97 Å². The van der Waals surface area contributed by atoms with Crippen LogP contribution in [0.1, 0.15) is 13.3 Å². The van der Waals surface area contributed by atoms with Crippen LogP contribution in [-0.2, 0) is 4.74 Å². The molecule has 0 bridgehead atoms. The Morgan fingerprint density at radius 2 is 2.38 bits per heavy atom. The van der Waals surface area contributed by atoms with E-state index in [1.807, 2.05) is 0 Å². The Morgan fingerprint density at radius 3 is 3.00 bits per heavy atom. The van der Waals surface area contributed by atoms with E-state index >= 15 is 0 Å². The standard InChI is InChI=1S/C10H15N3O2S/c1-6-7(3-4-15-6)16-10-8(14-2)9(11)12-5-13-10/h5-7H,3-4H2,1-2H3,(H2,11,12,13). The number of rotatable bonds is 3. The van der Waals surface area contributed by atoms with E-state index in [1.165, 1.54) is 6.33 Å². The van der Waals surface area contributed by atoms with Crippen molar-refractivity contribution in [3.05, 3.63) is 6.33 Å². The summed E-state index contributed by atoms with van der Waals surface area (Å²) in [5.74, 6) is 0.943. The third-order valence-electron chi connectivity index (χ3n) is 2.57. The van der Waals surface area contributed by atoms with E-state index in [2.05, 4.69) is 16.9 Å². The van der Waals surface area contributed by atoms with Crippen LogP contribution in [0.5, 0.6) is 5.75 Å². The second-order valence-electron chi connectivity index (χ2n) is 3.62. The summed E-state index contributed by atoms with van der Waals surface area (Å²) in [5.41, 5.74) is 5.72. The maximum atomic E-state index is 5.72. The lowest BCUT2D eigenvalue weighted by Gasteiger charge is -2.14. The second-order valence-corrected chi connectivity index (χ2v) is 4.85. The molecule has 2 unspecified atom stereocenters. The number of hydrogen-bond donors (Lipinski definition) is 1. The molecule has 2 heterocycles. The van der Waals surface area contributed by atoms with Crippen molar-refractivity contribution in [3.63, 3.8) is 0 Å². The summed E-state index contributed by atoms with van der Waals surface area (Å²) >= 11 is 1.64. The van der Waals surface area contributed by atoms with Gasteiger partial charge in [0.15, 0.2) is 11.6 Å². The van der Waals surface area contributed by atoms with Crippen molar-refractivity contribution in [2.75, 3.05) is 19.5 Å². The van der Waals surface area contributed by atoms with Gasteiger partial charge in [0.25, 0.3) is 0 Å². The Morgan fingerprint density at radius 1 is 1.56 bits per heavy atom. The van der Waals surface area contributed by atoms with Crippen molar-refractivity contribution in [2.24, 2.45) is 0 Å². The molecular formula is C10H15N3O2S. The second kappa shape index (κ2) is 4.88. The Kier molecular flexibility index (Phi) is 3.50. The lowest BCUT2D eigenvalue weighted by molar-refractivity contribution is 0.127. The fourth-order valence-electron chi connectivity index (χ4n) is 1.66. The predicted octanol–water partition coefficient (Wildman–Crippen LogP) is 1.34. The summed E-state index contributed by atoms with van der Waals surface area (Å²) in [6.07, 6.45) is 2.73. The first kappa shape index (κ1) is 11.5. The molecule has 16 heavy (non-hydrogen) atoms. The molecule has 1 aliphatic heterocycles. The number of nitrogen functional groups attached to an aromatic ring is 1. The summed E-state index contributed by atoms with van der Waals surface area (Å²) in [5, 5.41) is 1.19. The minimum Gasteiger partial charge on any atom is -0.490 e. The average Bonchev–Trinajstić information content (AvgIpc) is 2.65. The molecule has 5 nitrogen and oxygen atoms in total. The summed E-state index contributed by atoms with van der Waals surface area (Å²) in [6, 6.07) is 0. The molecule has 2 atom stereocenters. The molecule has 88 valence electrons.